The Morgan fingerprint density at radius 1 is 1.41 bits per heavy atom. The quantitative estimate of drug-likeness (QED) is 0.849. The minimum Gasteiger partial charge on any atom is -0.391 e. The Balaban J connectivity index is 2.04. The zero-order chi connectivity index (χ0) is 12.0. The molecule has 0 bridgehead atoms. The zero-order valence-corrected chi connectivity index (χ0v) is 9.68. The Kier molecular flexibility index (Phi) is 2.48. The fraction of sp³-hybridized carbons (Fsp3) is 0.364. The fourth-order valence-electron chi connectivity index (χ4n) is 2.00. The van der Waals surface area contributed by atoms with Gasteiger partial charge in [-0.25, -0.2) is 13.8 Å². The van der Waals surface area contributed by atoms with Crippen LogP contribution in [-0.4, -0.2) is 29.3 Å². The highest BCUT2D eigenvalue weighted by atomic mass is 32.1. The lowest BCUT2D eigenvalue weighted by atomic mass is 10.3. The molecule has 2 aromatic rings. The summed E-state index contributed by atoms with van der Waals surface area (Å²) in [5.74, 6) is -1.23. The topological polar surface area (TPSA) is 36.4 Å². The first-order valence-electron chi connectivity index (χ1n) is 5.32. The van der Waals surface area contributed by atoms with Crippen molar-refractivity contribution in [3.63, 3.8) is 0 Å². The molecule has 0 saturated carbocycles. The number of β-amino-alcohol motifs (C(OH)–C–C–N with tert-alkyl or cyclic N) is 1. The molecule has 1 atom stereocenters. The van der Waals surface area contributed by atoms with E-state index in [9.17, 15) is 13.9 Å². The SMILES string of the molecule is OC1CCN(c2nc3c(F)cc(F)cc3s2)C1. The van der Waals surface area contributed by atoms with Crippen molar-refractivity contribution in [1.82, 2.24) is 4.98 Å². The normalized spacial score (nSPS) is 20.4. The molecule has 2 heterocycles. The van der Waals surface area contributed by atoms with E-state index < -0.39 is 11.6 Å². The lowest BCUT2D eigenvalue weighted by Crippen LogP contribution is -2.20. The monoisotopic (exact) mass is 256 g/mol. The van der Waals surface area contributed by atoms with E-state index >= 15 is 0 Å². The molecule has 1 aromatic carbocycles. The molecule has 0 radical (unpaired) electrons. The summed E-state index contributed by atoms with van der Waals surface area (Å²) < 4.78 is 27.0. The first-order valence-corrected chi connectivity index (χ1v) is 6.14. The Morgan fingerprint density at radius 3 is 2.94 bits per heavy atom. The average Bonchev–Trinajstić information content (AvgIpc) is 2.83. The van der Waals surface area contributed by atoms with Crippen LogP contribution in [0.25, 0.3) is 10.2 Å². The van der Waals surface area contributed by atoms with Gasteiger partial charge in [-0.15, -0.1) is 0 Å². The van der Waals surface area contributed by atoms with Crippen molar-refractivity contribution in [2.75, 3.05) is 18.0 Å². The van der Waals surface area contributed by atoms with Gasteiger partial charge in [0.1, 0.15) is 11.3 Å². The molecular weight excluding hydrogens is 246 g/mol. The molecule has 1 saturated heterocycles. The van der Waals surface area contributed by atoms with Gasteiger partial charge in [0.15, 0.2) is 10.9 Å². The van der Waals surface area contributed by atoms with Crippen LogP contribution in [0.5, 0.6) is 0 Å². The van der Waals surface area contributed by atoms with Gasteiger partial charge in [-0.05, 0) is 12.5 Å². The van der Waals surface area contributed by atoms with E-state index in [2.05, 4.69) is 4.98 Å². The van der Waals surface area contributed by atoms with E-state index in [0.717, 1.165) is 6.07 Å². The molecule has 1 aliphatic heterocycles. The first kappa shape index (κ1) is 10.9. The Morgan fingerprint density at radius 2 is 2.24 bits per heavy atom. The Hall–Kier alpha value is -1.27. The molecule has 1 aliphatic rings. The number of aliphatic hydroxyl groups excluding tert-OH is 1. The number of benzene rings is 1. The van der Waals surface area contributed by atoms with Gasteiger partial charge in [0.25, 0.3) is 0 Å². The maximum absolute atomic E-state index is 13.5. The van der Waals surface area contributed by atoms with Crippen molar-refractivity contribution in [3.05, 3.63) is 23.8 Å². The minimum absolute atomic E-state index is 0.202. The molecule has 3 rings (SSSR count). The van der Waals surface area contributed by atoms with Crippen LogP contribution in [0, 0.1) is 11.6 Å². The molecular formula is C11H10F2N2OS. The second-order valence-corrected chi connectivity index (χ2v) is 5.13. The van der Waals surface area contributed by atoms with E-state index in [0.29, 0.717) is 29.3 Å². The Bertz CT molecular complexity index is 572. The van der Waals surface area contributed by atoms with E-state index in [4.69, 9.17) is 0 Å². The fourth-order valence-corrected chi connectivity index (χ4v) is 3.04. The van der Waals surface area contributed by atoms with Crippen molar-refractivity contribution < 1.29 is 13.9 Å². The number of hydrogen-bond acceptors (Lipinski definition) is 4. The molecule has 17 heavy (non-hydrogen) atoms. The van der Waals surface area contributed by atoms with Crippen molar-refractivity contribution in [1.29, 1.82) is 0 Å². The van der Waals surface area contributed by atoms with E-state index in [1.54, 1.807) is 0 Å². The van der Waals surface area contributed by atoms with Gasteiger partial charge in [0.05, 0.1) is 10.8 Å². The summed E-state index contributed by atoms with van der Waals surface area (Å²) in [7, 11) is 0. The van der Waals surface area contributed by atoms with Crippen LogP contribution in [0.3, 0.4) is 0 Å². The number of aliphatic hydroxyl groups is 1. The standard InChI is InChI=1S/C11H10F2N2OS/c12-6-3-8(13)10-9(4-6)17-11(14-10)15-2-1-7(16)5-15/h3-4,7,16H,1-2,5H2. The summed E-state index contributed by atoms with van der Waals surface area (Å²) in [6.45, 7) is 1.20. The molecule has 1 N–H and O–H groups in total. The maximum Gasteiger partial charge on any atom is 0.186 e. The summed E-state index contributed by atoms with van der Waals surface area (Å²) in [4.78, 5) is 6.06. The van der Waals surface area contributed by atoms with Gasteiger partial charge < -0.3 is 10.0 Å². The zero-order valence-electron chi connectivity index (χ0n) is 8.86. The smallest absolute Gasteiger partial charge is 0.186 e. The largest absolute Gasteiger partial charge is 0.391 e. The number of aromatic nitrogens is 1. The van der Waals surface area contributed by atoms with Crippen molar-refractivity contribution in [2.45, 2.75) is 12.5 Å². The van der Waals surface area contributed by atoms with E-state index in [-0.39, 0.29) is 11.6 Å². The molecule has 1 fully saturated rings. The highest BCUT2D eigenvalue weighted by Gasteiger charge is 2.23. The molecule has 1 unspecified atom stereocenters. The van der Waals surface area contributed by atoms with Crippen LogP contribution >= 0.6 is 11.3 Å². The number of rotatable bonds is 1. The maximum atomic E-state index is 13.5. The summed E-state index contributed by atoms with van der Waals surface area (Å²) in [6, 6.07) is 2.12. The van der Waals surface area contributed by atoms with Gasteiger partial charge in [-0.3, -0.25) is 0 Å². The van der Waals surface area contributed by atoms with Crippen LogP contribution < -0.4 is 4.90 Å². The third kappa shape index (κ3) is 1.87. The third-order valence-corrected chi connectivity index (χ3v) is 3.90. The number of fused-ring (bicyclic) bond motifs is 1. The predicted molar refractivity (Wildman–Crippen MR) is 62.4 cm³/mol. The second kappa shape index (κ2) is 3.89. The number of anilines is 1. The summed E-state index contributed by atoms with van der Waals surface area (Å²) in [5.41, 5.74) is 0.202. The van der Waals surface area contributed by atoms with Gasteiger partial charge in [-0.2, -0.15) is 0 Å². The van der Waals surface area contributed by atoms with Crippen LogP contribution in [0.4, 0.5) is 13.9 Å². The molecule has 0 spiro atoms. The van der Waals surface area contributed by atoms with E-state index in [1.165, 1.54) is 17.4 Å². The van der Waals surface area contributed by atoms with Gasteiger partial charge in [0, 0.05) is 19.2 Å². The highest BCUT2D eigenvalue weighted by Crippen LogP contribution is 2.32. The summed E-state index contributed by atoms with van der Waals surface area (Å²) in [6.07, 6.45) is 0.329. The van der Waals surface area contributed by atoms with Crippen LogP contribution in [0.15, 0.2) is 12.1 Å². The van der Waals surface area contributed by atoms with Crippen molar-refractivity contribution in [3.8, 4) is 0 Å². The van der Waals surface area contributed by atoms with Crippen LogP contribution in [0.1, 0.15) is 6.42 Å². The predicted octanol–water partition coefficient (Wildman–Crippen LogP) is 2.15. The number of thiazole rings is 1. The molecule has 1 aromatic heterocycles. The van der Waals surface area contributed by atoms with E-state index in [1.807, 2.05) is 4.90 Å². The van der Waals surface area contributed by atoms with Gasteiger partial charge in [0.2, 0.25) is 0 Å². The molecule has 3 nitrogen and oxygen atoms in total. The van der Waals surface area contributed by atoms with Gasteiger partial charge >= 0.3 is 0 Å². The van der Waals surface area contributed by atoms with Crippen molar-refractivity contribution in [2.24, 2.45) is 0 Å². The van der Waals surface area contributed by atoms with Gasteiger partial charge in [-0.1, -0.05) is 11.3 Å². The number of halogens is 2. The molecule has 0 amide bonds. The molecule has 90 valence electrons. The minimum atomic E-state index is -0.637. The average molecular weight is 256 g/mol. The van der Waals surface area contributed by atoms with Crippen LogP contribution in [-0.2, 0) is 0 Å². The number of hydrogen-bond donors (Lipinski definition) is 1. The highest BCUT2D eigenvalue weighted by molar-refractivity contribution is 7.22. The lowest BCUT2D eigenvalue weighted by Gasteiger charge is -2.12. The number of nitrogens with zero attached hydrogens (tertiary/aromatic N) is 2. The Labute approximate surface area is 100 Å². The summed E-state index contributed by atoms with van der Waals surface area (Å²) in [5, 5.41) is 10.1. The second-order valence-electron chi connectivity index (χ2n) is 4.12. The molecule has 6 heteroatoms. The first-order chi connectivity index (χ1) is 8.13. The van der Waals surface area contributed by atoms with Crippen molar-refractivity contribution >= 4 is 26.7 Å². The molecule has 0 aliphatic carbocycles. The lowest BCUT2D eigenvalue weighted by molar-refractivity contribution is 0.198. The third-order valence-electron chi connectivity index (χ3n) is 2.84. The summed E-state index contributed by atoms with van der Waals surface area (Å²) >= 11 is 1.25. The van der Waals surface area contributed by atoms with Crippen LogP contribution in [0.2, 0.25) is 0 Å².